The first-order chi connectivity index (χ1) is 10.2. The Labute approximate surface area is 126 Å². The van der Waals surface area contributed by atoms with E-state index in [1.54, 1.807) is 29.7 Å². The van der Waals surface area contributed by atoms with E-state index >= 15 is 0 Å². The molecule has 2 atom stereocenters. The van der Waals surface area contributed by atoms with Crippen LogP contribution in [-0.2, 0) is 4.74 Å². The topological polar surface area (TPSA) is 45.6 Å². The summed E-state index contributed by atoms with van der Waals surface area (Å²) < 4.78 is 18.9. The van der Waals surface area contributed by atoms with Gasteiger partial charge >= 0.3 is 0 Å². The van der Waals surface area contributed by atoms with Crippen molar-refractivity contribution >= 4 is 11.3 Å². The molecule has 0 spiro atoms. The van der Waals surface area contributed by atoms with Gasteiger partial charge in [0.15, 0.2) is 0 Å². The van der Waals surface area contributed by atoms with Crippen molar-refractivity contribution in [2.75, 3.05) is 26.2 Å². The second-order valence-corrected chi connectivity index (χ2v) is 5.99. The molecule has 4 nitrogen and oxygen atoms in total. The molecular weight excluding hydrogens is 291 g/mol. The summed E-state index contributed by atoms with van der Waals surface area (Å²) in [4.78, 5) is 6.41. The van der Waals surface area contributed by atoms with Crippen LogP contribution in [0.5, 0.6) is 0 Å². The van der Waals surface area contributed by atoms with Crippen molar-refractivity contribution in [3.05, 3.63) is 52.2 Å². The lowest BCUT2D eigenvalue weighted by atomic mass is 10.1. The number of rotatable bonds is 4. The lowest BCUT2D eigenvalue weighted by Crippen LogP contribution is -2.40. The second-order valence-electron chi connectivity index (χ2n) is 5.06. The molecule has 0 unspecified atom stereocenters. The summed E-state index contributed by atoms with van der Waals surface area (Å²) in [6.07, 6.45) is 1.03. The van der Waals surface area contributed by atoms with Gasteiger partial charge in [-0.3, -0.25) is 4.90 Å². The lowest BCUT2D eigenvalue weighted by molar-refractivity contribution is -0.0424. The molecule has 6 heteroatoms. The second kappa shape index (κ2) is 6.62. The third-order valence-electron chi connectivity index (χ3n) is 3.54. The summed E-state index contributed by atoms with van der Waals surface area (Å²) in [6, 6.07) is 6.12. The van der Waals surface area contributed by atoms with Gasteiger partial charge in [0.1, 0.15) is 16.9 Å². The van der Waals surface area contributed by atoms with Crippen molar-refractivity contribution in [2.45, 2.75) is 12.2 Å². The van der Waals surface area contributed by atoms with Crippen molar-refractivity contribution in [1.29, 1.82) is 0 Å². The highest BCUT2D eigenvalue weighted by Gasteiger charge is 2.25. The molecule has 1 aliphatic rings. The van der Waals surface area contributed by atoms with Crippen molar-refractivity contribution in [1.82, 2.24) is 9.88 Å². The Morgan fingerprint density at radius 2 is 2.43 bits per heavy atom. The first-order valence-electron chi connectivity index (χ1n) is 6.89. The Morgan fingerprint density at radius 1 is 1.52 bits per heavy atom. The van der Waals surface area contributed by atoms with E-state index < -0.39 is 6.10 Å². The maximum Gasteiger partial charge on any atom is 0.123 e. The van der Waals surface area contributed by atoms with E-state index in [2.05, 4.69) is 9.88 Å². The summed E-state index contributed by atoms with van der Waals surface area (Å²) in [7, 11) is 0. The summed E-state index contributed by atoms with van der Waals surface area (Å²) in [5.41, 5.74) is 0.604. The molecule has 1 aromatic carbocycles. The highest BCUT2D eigenvalue weighted by Crippen LogP contribution is 2.25. The van der Waals surface area contributed by atoms with Crippen LogP contribution in [0.25, 0.3) is 0 Å². The first-order valence-corrected chi connectivity index (χ1v) is 7.77. The molecule has 112 valence electrons. The molecule has 0 radical (unpaired) electrons. The summed E-state index contributed by atoms with van der Waals surface area (Å²) >= 11 is 1.57. The zero-order valence-electron chi connectivity index (χ0n) is 11.5. The maximum absolute atomic E-state index is 13.2. The van der Waals surface area contributed by atoms with E-state index in [9.17, 15) is 9.50 Å². The van der Waals surface area contributed by atoms with Crippen molar-refractivity contribution in [3.63, 3.8) is 0 Å². The lowest BCUT2D eigenvalue weighted by Gasteiger charge is -2.33. The quantitative estimate of drug-likeness (QED) is 0.942. The number of morpholine rings is 1. The molecule has 0 aliphatic carbocycles. The number of benzene rings is 1. The number of aliphatic hydroxyl groups is 1. The third kappa shape index (κ3) is 3.65. The Hall–Kier alpha value is -1.34. The zero-order valence-corrected chi connectivity index (χ0v) is 12.3. The van der Waals surface area contributed by atoms with E-state index in [0.29, 0.717) is 25.3 Å². The van der Waals surface area contributed by atoms with E-state index in [1.807, 2.05) is 5.38 Å². The zero-order chi connectivity index (χ0) is 14.7. The van der Waals surface area contributed by atoms with Gasteiger partial charge in [0.2, 0.25) is 0 Å². The molecule has 2 aromatic rings. The molecular formula is C15H17FN2O2S. The largest absolute Gasteiger partial charge is 0.387 e. The average molecular weight is 308 g/mol. The van der Waals surface area contributed by atoms with E-state index in [0.717, 1.165) is 11.6 Å². The van der Waals surface area contributed by atoms with E-state index in [-0.39, 0.29) is 11.9 Å². The molecule has 21 heavy (non-hydrogen) atoms. The van der Waals surface area contributed by atoms with Crippen LogP contribution < -0.4 is 0 Å². The summed E-state index contributed by atoms with van der Waals surface area (Å²) in [5, 5.41) is 13.1. The predicted molar refractivity (Wildman–Crippen MR) is 78.6 cm³/mol. The smallest absolute Gasteiger partial charge is 0.123 e. The minimum absolute atomic E-state index is 0.0431. The van der Waals surface area contributed by atoms with Gasteiger partial charge in [0.05, 0.1) is 12.7 Å². The number of halogens is 1. The fraction of sp³-hybridized carbons (Fsp3) is 0.400. The standard InChI is InChI=1S/C15H17FN2O2S/c16-12-3-1-2-11(8-12)13(19)9-18-5-6-20-14(10-18)15-17-4-7-21-15/h1-4,7-8,13-14,19H,5-6,9-10H2/t13-,14-/m0/s1. The average Bonchev–Trinajstić information content (AvgIpc) is 3.02. The highest BCUT2D eigenvalue weighted by molar-refractivity contribution is 7.09. The number of aromatic nitrogens is 1. The van der Waals surface area contributed by atoms with Gasteiger partial charge < -0.3 is 9.84 Å². The number of hydrogen-bond donors (Lipinski definition) is 1. The van der Waals surface area contributed by atoms with Crippen LogP contribution >= 0.6 is 11.3 Å². The van der Waals surface area contributed by atoms with Gasteiger partial charge in [-0.1, -0.05) is 12.1 Å². The van der Waals surface area contributed by atoms with Gasteiger partial charge in [-0.05, 0) is 17.7 Å². The van der Waals surface area contributed by atoms with Crippen LogP contribution in [-0.4, -0.2) is 41.2 Å². The van der Waals surface area contributed by atoms with Crippen LogP contribution in [0.4, 0.5) is 4.39 Å². The van der Waals surface area contributed by atoms with Gasteiger partial charge in [0, 0.05) is 31.2 Å². The molecule has 1 aliphatic heterocycles. The van der Waals surface area contributed by atoms with E-state index in [4.69, 9.17) is 4.74 Å². The minimum Gasteiger partial charge on any atom is -0.387 e. The Kier molecular flexibility index (Phi) is 4.60. The Morgan fingerprint density at radius 3 is 3.19 bits per heavy atom. The van der Waals surface area contributed by atoms with Crippen molar-refractivity contribution in [2.24, 2.45) is 0 Å². The maximum atomic E-state index is 13.2. The Bertz CT molecular complexity index is 579. The number of hydrogen-bond acceptors (Lipinski definition) is 5. The Balaban J connectivity index is 1.62. The molecule has 3 rings (SSSR count). The monoisotopic (exact) mass is 308 g/mol. The minimum atomic E-state index is -0.698. The van der Waals surface area contributed by atoms with Gasteiger partial charge in [0.25, 0.3) is 0 Å². The molecule has 1 aromatic heterocycles. The number of β-amino-alcohol motifs (C(OH)–C–C–N with tert-alkyl or cyclic N) is 1. The third-order valence-corrected chi connectivity index (χ3v) is 4.41. The number of ether oxygens (including phenoxy) is 1. The molecule has 1 N–H and O–H groups in total. The molecule has 0 amide bonds. The van der Waals surface area contributed by atoms with Crippen molar-refractivity contribution in [3.8, 4) is 0 Å². The summed E-state index contributed by atoms with van der Waals surface area (Å²) in [6.45, 7) is 2.53. The number of thiazole rings is 1. The van der Waals surface area contributed by atoms with E-state index in [1.165, 1.54) is 12.1 Å². The molecule has 1 fully saturated rings. The normalized spacial score (nSPS) is 21.3. The highest BCUT2D eigenvalue weighted by atomic mass is 32.1. The fourth-order valence-electron chi connectivity index (χ4n) is 2.48. The van der Waals surface area contributed by atoms with Gasteiger partial charge in [-0.15, -0.1) is 11.3 Å². The SMILES string of the molecule is O[C@@H](CN1CCO[C@H](c2nccs2)C1)c1cccc(F)c1. The van der Waals surface area contributed by atoms with Crippen molar-refractivity contribution < 1.29 is 14.2 Å². The van der Waals surface area contributed by atoms with Crippen LogP contribution in [0.2, 0.25) is 0 Å². The van der Waals surface area contributed by atoms with Crippen LogP contribution in [0.15, 0.2) is 35.8 Å². The summed E-state index contributed by atoms with van der Waals surface area (Å²) in [5.74, 6) is -0.325. The van der Waals surface area contributed by atoms with Crippen LogP contribution in [0.3, 0.4) is 0 Å². The fourth-order valence-corrected chi connectivity index (χ4v) is 3.15. The predicted octanol–water partition coefficient (Wildman–Crippen LogP) is 2.39. The number of aliphatic hydroxyl groups excluding tert-OH is 1. The van der Waals surface area contributed by atoms with Crippen LogP contribution in [0, 0.1) is 5.82 Å². The molecule has 2 heterocycles. The van der Waals surface area contributed by atoms with Gasteiger partial charge in [-0.2, -0.15) is 0 Å². The number of nitrogens with zero attached hydrogens (tertiary/aromatic N) is 2. The molecule has 0 bridgehead atoms. The van der Waals surface area contributed by atoms with Crippen LogP contribution in [0.1, 0.15) is 22.8 Å². The first kappa shape index (κ1) is 14.6. The molecule has 0 saturated carbocycles. The van der Waals surface area contributed by atoms with Gasteiger partial charge in [-0.25, -0.2) is 9.37 Å². The molecule has 1 saturated heterocycles.